The first-order chi connectivity index (χ1) is 7.69. The Hall–Kier alpha value is -0.850. The number of hydrogen-bond acceptors (Lipinski definition) is 3. The van der Waals surface area contributed by atoms with E-state index in [0.29, 0.717) is 18.5 Å². The van der Waals surface area contributed by atoms with E-state index in [2.05, 4.69) is 49.4 Å². The molecule has 0 aliphatic heterocycles. The average Bonchev–Trinajstić information content (AvgIpc) is 2.77. The molecule has 16 heavy (non-hydrogen) atoms. The number of nitrogens with zero attached hydrogens (tertiary/aromatic N) is 2. The van der Waals surface area contributed by atoms with E-state index in [1.165, 1.54) is 4.88 Å². The lowest BCUT2D eigenvalue weighted by Gasteiger charge is -2.31. The van der Waals surface area contributed by atoms with E-state index in [0.717, 1.165) is 12.8 Å². The van der Waals surface area contributed by atoms with Gasteiger partial charge in [0.2, 0.25) is 0 Å². The van der Waals surface area contributed by atoms with E-state index in [9.17, 15) is 0 Å². The van der Waals surface area contributed by atoms with Crippen LogP contribution in [0.25, 0.3) is 0 Å². The van der Waals surface area contributed by atoms with Crippen molar-refractivity contribution < 1.29 is 0 Å². The van der Waals surface area contributed by atoms with E-state index in [1.807, 2.05) is 11.3 Å². The molecule has 1 aromatic rings. The molecule has 0 N–H and O–H groups in total. The molecule has 0 fully saturated rings. The van der Waals surface area contributed by atoms with Crippen LogP contribution in [0.3, 0.4) is 0 Å². The molecule has 0 spiro atoms. The van der Waals surface area contributed by atoms with Crippen molar-refractivity contribution in [3.63, 3.8) is 0 Å². The summed E-state index contributed by atoms with van der Waals surface area (Å²) >= 11 is 1.81. The number of likely N-dealkylation sites (N-methyl/N-ethyl adjacent to an activating group) is 1. The van der Waals surface area contributed by atoms with Crippen LogP contribution >= 0.6 is 11.3 Å². The zero-order valence-corrected chi connectivity index (χ0v) is 11.1. The van der Waals surface area contributed by atoms with Gasteiger partial charge in [-0.2, -0.15) is 5.26 Å². The van der Waals surface area contributed by atoms with Crippen LogP contribution in [0.4, 0.5) is 0 Å². The second-order valence-electron chi connectivity index (χ2n) is 4.22. The lowest BCUT2D eigenvalue weighted by atomic mass is 10.1. The Morgan fingerprint density at radius 1 is 1.56 bits per heavy atom. The van der Waals surface area contributed by atoms with E-state index in [4.69, 9.17) is 5.26 Å². The SMILES string of the molecule is CCC(CC#N)N(C)C(C)Cc1cccs1. The minimum absolute atomic E-state index is 0.389. The van der Waals surface area contributed by atoms with Crippen LogP contribution in [0, 0.1) is 11.3 Å². The van der Waals surface area contributed by atoms with Crippen LogP contribution in [0.15, 0.2) is 17.5 Å². The van der Waals surface area contributed by atoms with Gasteiger partial charge in [0.25, 0.3) is 0 Å². The Balaban J connectivity index is 2.52. The van der Waals surface area contributed by atoms with Gasteiger partial charge in [-0.25, -0.2) is 0 Å². The van der Waals surface area contributed by atoms with Crippen LogP contribution in [0.5, 0.6) is 0 Å². The number of rotatable bonds is 6. The lowest BCUT2D eigenvalue weighted by Crippen LogP contribution is -2.39. The Kier molecular flexibility index (Phi) is 5.51. The number of nitriles is 1. The van der Waals surface area contributed by atoms with Gasteiger partial charge in [-0.05, 0) is 38.3 Å². The first kappa shape index (κ1) is 13.2. The monoisotopic (exact) mass is 236 g/mol. The predicted molar refractivity (Wildman–Crippen MR) is 69.6 cm³/mol. The highest BCUT2D eigenvalue weighted by Gasteiger charge is 2.18. The van der Waals surface area contributed by atoms with Crippen LogP contribution in [-0.4, -0.2) is 24.0 Å². The van der Waals surface area contributed by atoms with Gasteiger partial charge in [0.1, 0.15) is 0 Å². The van der Waals surface area contributed by atoms with Gasteiger partial charge in [-0.15, -0.1) is 11.3 Å². The average molecular weight is 236 g/mol. The van der Waals surface area contributed by atoms with Gasteiger partial charge in [0.05, 0.1) is 12.5 Å². The fraction of sp³-hybridized carbons (Fsp3) is 0.615. The maximum atomic E-state index is 8.78. The summed E-state index contributed by atoms with van der Waals surface area (Å²) in [5, 5.41) is 10.9. The summed E-state index contributed by atoms with van der Waals surface area (Å²) in [4.78, 5) is 3.76. The first-order valence-corrected chi connectivity index (χ1v) is 6.68. The van der Waals surface area contributed by atoms with Gasteiger partial charge in [0, 0.05) is 17.0 Å². The summed E-state index contributed by atoms with van der Waals surface area (Å²) in [6, 6.07) is 7.44. The van der Waals surface area contributed by atoms with Crippen molar-refractivity contribution in [3.8, 4) is 6.07 Å². The Labute approximate surface area is 103 Å². The van der Waals surface area contributed by atoms with Crippen molar-refractivity contribution in [3.05, 3.63) is 22.4 Å². The molecule has 1 aromatic heterocycles. The van der Waals surface area contributed by atoms with Crippen LogP contribution < -0.4 is 0 Å². The first-order valence-electron chi connectivity index (χ1n) is 5.80. The maximum absolute atomic E-state index is 8.78. The molecule has 0 saturated carbocycles. The molecule has 2 unspecified atom stereocenters. The molecule has 0 aliphatic rings. The molecule has 0 saturated heterocycles. The van der Waals surface area contributed by atoms with Crippen molar-refractivity contribution in [1.29, 1.82) is 5.26 Å². The Morgan fingerprint density at radius 3 is 2.81 bits per heavy atom. The quantitative estimate of drug-likeness (QED) is 0.757. The van der Waals surface area contributed by atoms with Gasteiger partial charge < -0.3 is 0 Å². The highest BCUT2D eigenvalue weighted by molar-refractivity contribution is 7.09. The third-order valence-corrected chi connectivity index (χ3v) is 4.04. The number of thiophene rings is 1. The topological polar surface area (TPSA) is 27.0 Å². The summed E-state index contributed by atoms with van der Waals surface area (Å²) in [6.45, 7) is 4.39. The van der Waals surface area contributed by atoms with Crippen LogP contribution in [-0.2, 0) is 6.42 Å². The van der Waals surface area contributed by atoms with Gasteiger partial charge in [-0.1, -0.05) is 13.0 Å². The van der Waals surface area contributed by atoms with Crippen molar-refractivity contribution in [2.45, 2.75) is 45.2 Å². The second kappa shape index (κ2) is 6.67. The third kappa shape index (κ3) is 3.62. The maximum Gasteiger partial charge on any atom is 0.0638 e. The minimum atomic E-state index is 0.389. The molecule has 3 heteroatoms. The molecule has 88 valence electrons. The summed E-state index contributed by atoms with van der Waals surface area (Å²) in [6.07, 6.45) is 2.75. The zero-order chi connectivity index (χ0) is 12.0. The molecule has 1 heterocycles. The smallest absolute Gasteiger partial charge is 0.0638 e. The number of hydrogen-bond donors (Lipinski definition) is 0. The van der Waals surface area contributed by atoms with Crippen molar-refractivity contribution in [1.82, 2.24) is 4.90 Å². The highest BCUT2D eigenvalue weighted by atomic mass is 32.1. The van der Waals surface area contributed by atoms with Gasteiger partial charge in [0.15, 0.2) is 0 Å². The molecule has 0 bridgehead atoms. The van der Waals surface area contributed by atoms with Crippen molar-refractivity contribution in [2.75, 3.05) is 7.05 Å². The highest BCUT2D eigenvalue weighted by Crippen LogP contribution is 2.17. The molecule has 0 amide bonds. The second-order valence-corrected chi connectivity index (χ2v) is 5.25. The van der Waals surface area contributed by atoms with Gasteiger partial charge in [-0.3, -0.25) is 4.90 Å². The molecule has 1 rings (SSSR count). The molecule has 2 nitrogen and oxygen atoms in total. The Bertz CT molecular complexity index is 326. The summed E-state index contributed by atoms with van der Waals surface area (Å²) in [5.74, 6) is 0. The molecular formula is C13H20N2S. The van der Waals surface area contributed by atoms with Crippen molar-refractivity contribution in [2.24, 2.45) is 0 Å². The zero-order valence-electron chi connectivity index (χ0n) is 10.3. The molecule has 0 aromatic carbocycles. The molecule has 0 aliphatic carbocycles. The van der Waals surface area contributed by atoms with Crippen molar-refractivity contribution >= 4 is 11.3 Å². The predicted octanol–water partition coefficient (Wildman–Crippen LogP) is 3.30. The van der Waals surface area contributed by atoms with Crippen LogP contribution in [0.1, 0.15) is 31.6 Å². The minimum Gasteiger partial charge on any atom is -0.299 e. The van der Waals surface area contributed by atoms with E-state index >= 15 is 0 Å². The fourth-order valence-corrected chi connectivity index (χ4v) is 2.73. The largest absolute Gasteiger partial charge is 0.299 e. The van der Waals surface area contributed by atoms with E-state index in [1.54, 1.807) is 0 Å². The van der Waals surface area contributed by atoms with E-state index < -0.39 is 0 Å². The molecule has 0 radical (unpaired) electrons. The molecular weight excluding hydrogens is 216 g/mol. The lowest BCUT2D eigenvalue weighted by molar-refractivity contribution is 0.180. The fourth-order valence-electron chi connectivity index (χ4n) is 1.91. The summed E-state index contributed by atoms with van der Waals surface area (Å²) < 4.78 is 0. The summed E-state index contributed by atoms with van der Waals surface area (Å²) in [5.41, 5.74) is 0. The normalized spacial score (nSPS) is 14.7. The Morgan fingerprint density at radius 2 is 2.31 bits per heavy atom. The standard InChI is InChI=1S/C13H20N2S/c1-4-12(7-8-14)15(3)11(2)10-13-6-5-9-16-13/h5-6,9,11-12H,4,7,10H2,1-3H3. The van der Waals surface area contributed by atoms with Crippen LogP contribution in [0.2, 0.25) is 0 Å². The summed E-state index contributed by atoms with van der Waals surface area (Å²) in [7, 11) is 2.13. The van der Waals surface area contributed by atoms with Gasteiger partial charge >= 0.3 is 0 Å². The molecule has 2 atom stereocenters. The third-order valence-electron chi connectivity index (χ3n) is 3.15. The van der Waals surface area contributed by atoms with E-state index in [-0.39, 0.29) is 0 Å².